The van der Waals surface area contributed by atoms with Crippen LogP contribution in [0.5, 0.6) is 0 Å². The molecule has 0 atom stereocenters. The number of nitrogens with two attached hydrogens (primary N) is 2. The SMILES string of the molecule is Cc1ccc(CN(N=O)c2ccc3nc(N)nc(N)c3c2)cc1F. The van der Waals surface area contributed by atoms with Crippen molar-refractivity contribution < 1.29 is 4.39 Å². The minimum Gasteiger partial charge on any atom is -0.383 e. The maximum absolute atomic E-state index is 13.7. The highest BCUT2D eigenvalue weighted by Gasteiger charge is 2.12. The lowest BCUT2D eigenvalue weighted by Crippen LogP contribution is -2.15. The molecule has 0 saturated carbocycles. The molecule has 8 heteroatoms. The average Bonchev–Trinajstić information content (AvgIpc) is 2.55. The first-order valence-electron chi connectivity index (χ1n) is 7.16. The number of nitrogens with zero attached hydrogens (tertiary/aromatic N) is 4. The molecule has 0 bridgehead atoms. The largest absolute Gasteiger partial charge is 0.383 e. The highest BCUT2D eigenvalue weighted by atomic mass is 19.1. The molecule has 2 aromatic carbocycles. The Balaban J connectivity index is 1.97. The van der Waals surface area contributed by atoms with E-state index in [0.717, 1.165) is 0 Å². The highest BCUT2D eigenvalue weighted by Crippen LogP contribution is 2.26. The van der Waals surface area contributed by atoms with Gasteiger partial charge in [-0.25, -0.2) is 14.4 Å². The van der Waals surface area contributed by atoms with E-state index in [9.17, 15) is 9.30 Å². The number of hydrogen-bond acceptors (Lipinski definition) is 6. The van der Waals surface area contributed by atoms with Gasteiger partial charge in [0.15, 0.2) is 0 Å². The number of rotatable bonds is 4. The molecular formula is C16H15FN6O. The second-order valence-corrected chi connectivity index (χ2v) is 5.39. The summed E-state index contributed by atoms with van der Waals surface area (Å²) in [5.74, 6) is -0.0372. The molecular weight excluding hydrogens is 311 g/mol. The number of fused-ring (bicyclic) bond motifs is 1. The summed E-state index contributed by atoms with van der Waals surface area (Å²) >= 11 is 0. The molecule has 24 heavy (non-hydrogen) atoms. The van der Waals surface area contributed by atoms with Crippen molar-refractivity contribution in [2.75, 3.05) is 16.5 Å². The molecule has 0 unspecified atom stereocenters. The predicted octanol–water partition coefficient (Wildman–Crippen LogP) is 2.93. The van der Waals surface area contributed by atoms with Gasteiger partial charge in [0.2, 0.25) is 5.95 Å². The summed E-state index contributed by atoms with van der Waals surface area (Å²) < 4.78 is 13.7. The van der Waals surface area contributed by atoms with Crippen molar-refractivity contribution in [3.05, 3.63) is 58.2 Å². The smallest absolute Gasteiger partial charge is 0.222 e. The molecule has 0 radical (unpaired) electrons. The van der Waals surface area contributed by atoms with Crippen molar-refractivity contribution in [3.63, 3.8) is 0 Å². The number of halogens is 1. The van der Waals surface area contributed by atoms with Crippen molar-refractivity contribution in [3.8, 4) is 0 Å². The summed E-state index contributed by atoms with van der Waals surface area (Å²) in [5, 5.41) is 4.78. The van der Waals surface area contributed by atoms with Crippen LogP contribution in [0.1, 0.15) is 11.1 Å². The number of nitrogen functional groups attached to an aromatic ring is 2. The summed E-state index contributed by atoms with van der Waals surface area (Å²) in [4.78, 5) is 19.2. The summed E-state index contributed by atoms with van der Waals surface area (Å²) in [6.45, 7) is 1.80. The molecule has 0 aliphatic rings. The Morgan fingerprint density at radius 2 is 1.96 bits per heavy atom. The van der Waals surface area contributed by atoms with Crippen molar-refractivity contribution in [2.24, 2.45) is 5.29 Å². The van der Waals surface area contributed by atoms with Crippen molar-refractivity contribution >= 4 is 28.4 Å². The Labute approximate surface area is 137 Å². The predicted molar refractivity (Wildman–Crippen MR) is 91.5 cm³/mol. The number of aryl methyl sites for hydroxylation is 1. The van der Waals surface area contributed by atoms with Crippen molar-refractivity contribution in [1.29, 1.82) is 0 Å². The first-order valence-corrected chi connectivity index (χ1v) is 7.16. The normalized spacial score (nSPS) is 10.8. The summed E-state index contributed by atoms with van der Waals surface area (Å²) in [5.41, 5.74) is 13.6. The fraction of sp³-hybridized carbons (Fsp3) is 0.125. The molecule has 0 spiro atoms. The van der Waals surface area contributed by atoms with Crippen LogP contribution in [0, 0.1) is 17.6 Å². The van der Waals surface area contributed by atoms with Crippen LogP contribution >= 0.6 is 0 Å². The van der Waals surface area contributed by atoms with Crippen molar-refractivity contribution in [1.82, 2.24) is 9.97 Å². The van der Waals surface area contributed by atoms with Gasteiger partial charge in [0.25, 0.3) is 0 Å². The monoisotopic (exact) mass is 326 g/mol. The van der Waals surface area contributed by atoms with Crippen LogP contribution in [0.15, 0.2) is 41.7 Å². The molecule has 4 N–H and O–H groups in total. The van der Waals surface area contributed by atoms with Crippen LogP contribution in [0.4, 0.5) is 21.8 Å². The second kappa shape index (κ2) is 6.07. The Kier molecular flexibility index (Phi) is 3.95. The quantitative estimate of drug-likeness (QED) is 0.563. The topological polar surface area (TPSA) is 110 Å². The van der Waals surface area contributed by atoms with E-state index in [1.807, 2.05) is 0 Å². The van der Waals surface area contributed by atoms with Crippen LogP contribution in [0.3, 0.4) is 0 Å². The number of aromatic nitrogens is 2. The molecule has 122 valence electrons. The molecule has 7 nitrogen and oxygen atoms in total. The van der Waals surface area contributed by atoms with Crippen LogP contribution in [0.2, 0.25) is 0 Å². The molecule has 3 rings (SSSR count). The first-order chi connectivity index (χ1) is 11.5. The molecule has 0 aliphatic heterocycles. The van der Waals surface area contributed by atoms with Gasteiger partial charge < -0.3 is 11.5 Å². The Morgan fingerprint density at radius 3 is 2.67 bits per heavy atom. The van der Waals surface area contributed by atoms with E-state index in [2.05, 4.69) is 15.3 Å². The van der Waals surface area contributed by atoms with E-state index < -0.39 is 0 Å². The van der Waals surface area contributed by atoms with Gasteiger partial charge in [-0.2, -0.15) is 4.98 Å². The van der Waals surface area contributed by atoms with Crippen LogP contribution in [-0.4, -0.2) is 9.97 Å². The second-order valence-electron chi connectivity index (χ2n) is 5.39. The van der Waals surface area contributed by atoms with E-state index in [1.165, 1.54) is 11.1 Å². The van der Waals surface area contributed by atoms with Gasteiger partial charge in [0, 0.05) is 5.39 Å². The lowest BCUT2D eigenvalue weighted by molar-refractivity contribution is 0.615. The fourth-order valence-electron chi connectivity index (χ4n) is 2.39. The lowest BCUT2D eigenvalue weighted by Gasteiger charge is -2.16. The number of hydrogen-bond donors (Lipinski definition) is 2. The number of nitroso groups, excluding NO2 is 1. The van der Waals surface area contributed by atoms with Gasteiger partial charge in [-0.1, -0.05) is 12.1 Å². The fourth-order valence-corrected chi connectivity index (χ4v) is 2.39. The third-order valence-electron chi connectivity index (χ3n) is 3.69. The van der Waals surface area contributed by atoms with Gasteiger partial charge in [0.05, 0.1) is 23.0 Å². The maximum atomic E-state index is 13.7. The Hall–Kier alpha value is -3.29. The minimum atomic E-state index is -0.329. The highest BCUT2D eigenvalue weighted by molar-refractivity contribution is 5.91. The standard InChI is InChI=1S/C16H15FN6O/c1-9-2-3-10(6-13(9)17)8-23(22-24)11-4-5-14-12(7-11)15(18)21-16(19)20-14/h2-7H,8H2,1H3,(H4,18,19,20,21). The molecule has 0 saturated heterocycles. The molecule has 0 aliphatic carbocycles. The van der Waals surface area contributed by atoms with Gasteiger partial charge in [-0.05, 0) is 42.3 Å². The molecule has 0 fully saturated rings. The first kappa shape index (κ1) is 15.6. The molecule has 3 aromatic rings. The summed E-state index contributed by atoms with van der Waals surface area (Å²) in [6.07, 6.45) is 0. The van der Waals surface area contributed by atoms with Gasteiger partial charge >= 0.3 is 0 Å². The molecule has 1 heterocycles. The van der Waals surface area contributed by atoms with E-state index in [4.69, 9.17) is 11.5 Å². The van der Waals surface area contributed by atoms with E-state index >= 15 is 0 Å². The zero-order chi connectivity index (χ0) is 17.3. The van der Waals surface area contributed by atoms with Crippen LogP contribution in [-0.2, 0) is 6.54 Å². The van der Waals surface area contributed by atoms with Crippen molar-refractivity contribution in [2.45, 2.75) is 13.5 Å². The maximum Gasteiger partial charge on any atom is 0.222 e. The summed E-state index contributed by atoms with van der Waals surface area (Å²) in [7, 11) is 0. The zero-order valence-electron chi connectivity index (χ0n) is 12.9. The van der Waals surface area contributed by atoms with Crippen LogP contribution in [0.25, 0.3) is 10.9 Å². The third kappa shape index (κ3) is 2.94. The summed E-state index contributed by atoms with van der Waals surface area (Å²) in [6, 6.07) is 9.77. The lowest BCUT2D eigenvalue weighted by atomic mass is 10.1. The van der Waals surface area contributed by atoms with E-state index in [0.29, 0.717) is 27.7 Å². The minimum absolute atomic E-state index is 0.0771. The van der Waals surface area contributed by atoms with Gasteiger partial charge in [-0.3, -0.25) is 0 Å². The van der Waals surface area contributed by atoms with Gasteiger partial charge in [0.1, 0.15) is 11.6 Å². The average molecular weight is 326 g/mol. The number of anilines is 3. The zero-order valence-corrected chi connectivity index (χ0v) is 12.9. The van der Waals surface area contributed by atoms with E-state index in [-0.39, 0.29) is 24.1 Å². The Morgan fingerprint density at radius 1 is 1.17 bits per heavy atom. The molecule has 1 aromatic heterocycles. The Bertz CT molecular complexity index is 930. The van der Waals surface area contributed by atoms with Gasteiger partial charge in [-0.15, -0.1) is 4.91 Å². The number of benzene rings is 2. The third-order valence-corrected chi connectivity index (χ3v) is 3.69. The molecule has 0 amide bonds. The van der Waals surface area contributed by atoms with Crippen LogP contribution < -0.4 is 16.5 Å². The van der Waals surface area contributed by atoms with E-state index in [1.54, 1.807) is 37.3 Å².